The monoisotopic (exact) mass is 210 g/mol. The van der Waals surface area contributed by atoms with Crippen molar-refractivity contribution < 1.29 is 0 Å². The molecule has 1 aromatic rings. The maximum atomic E-state index is 5.84. The molecule has 78 valence electrons. The second-order valence-corrected chi connectivity index (χ2v) is 5.18. The maximum absolute atomic E-state index is 5.84. The van der Waals surface area contributed by atoms with Crippen LogP contribution in [0.25, 0.3) is 0 Å². The van der Waals surface area contributed by atoms with Gasteiger partial charge in [-0.2, -0.15) is 11.3 Å². The van der Waals surface area contributed by atoms with E-state index in [0.717, 1.165) is 18.8 Å². The van der Waals surface area contributed by atoms with E-state index in [1.54, 1.807) is 11.3 Å². The summed E-state index contributed by atoms with van der Waals surface area (Å²) in [5.41, 5.74) is 7.19. The second kappa shape index (κ2) is 4.60. The summed E-state index contributed by atoms with van der Waals surface area (Å²) in [6.45, 7) is 7.03. The van der Waals surface area contributed by atoms with Gasteiger partial charge >= 0.3 is 0 Å². The lowest BCUT2D eigenvalue weighted by Gasteiger charge is -2.17. The normalized spacial score (nSPS) is 13.2. The standard InChI is InChI=1S/C11H18N2S/c1-11(2,3)10(12)13-6-4-9-5-7-14-8-9/h5,7-8H,4,6H2,1-3H3,(H2,12,13). The minimum absolute atomic E-state index is 0.00531. The Labute approximate surface area is 89.9 Å². The lowest BCUT2D eigenvalue weighted by molar-refractivity contribution is 0.581. The molecule has 0 saturated carbocycles. The van der Waals surface area contributed by atoms with E-state index in [-0.39, 0.29) is 5.41 Å². The first-order chi connectivity index (χ1) is 6.50. The number of thiophene rings is 1. The Morgan fingerprint density at radius 1 is 1.50 bits per heavy atom. The van der Waals surface area contributed by atoms with E-state index in [0.29, 0.717) is 0 Å². The number of amidine groups is 1. The Kier molecular flexibility index (Phi) is 3.69. The predicted molar refractivity (Wildman–Crippen MR) is 64.0 cm³/mol. The minimum atomic E-state index is -0.00531. The van der Waals surface area contributed by atoms with Crippen molar-refractivity contribution in [3.63, 3.8) is 0 Å². The molecule has 1 heterocycles. The highest BCUT2D eigenvalue weighted by atomic mass is 32.1. The topological polar surface area (TPSA) is 38.4 Å². The van der Waals surface area contributed by atoms with Crippen molar-refractivity contribution in [2.45, 2.75) is 27.2 Å². The third-order valence-electron chi connectivity index (χ3n) is 2.03. The molecular formula is C11H18N2S. The second-order valence-electron chi connectivity index (χ2n) is 4.40. The van der Waals surface area contributed by atoms with Gasteiger partial charge in [-0.3, -0.25) is 4.99 Å². The van der Waals surface area contributed by atoms with Crippen LogP contribution in [0.4, 0.5) is 0 Å². The van der Waals surface area contributed by atoms with Gasteiger partial charge in [0.1, 0.15) is 0 Å². The van der Waals surface area contributed by atoms with Gasteiger partial charge in [-0.25, -0.2) is 0 Å². The van der Waals surface area contributed by atoms with Crippen LogP contribution in [0.2, 0.25) is 0 Å². The van der Waals surface area contributed by atoms with Gasteiger partial charge in [-0.1, -0.05) is 20.8 Å². The lowest BCUT2D eigenvalue weighted by atomic mass is 9.95. The van der Waals surface area contributed by atoms with Crippen molar-refractivity contribution in [3.8, 4) is 0 Å². The van der Waals surface area contributed by atoms with E-state index >= 15 is 0 Å². The number of rotatable bonds is 3. The molecule has 0 radical (unpaired) electrons. The van der Waals surface area contributed by atoms with Crippen LogP contribution in [0.5, 0.6) is 0 Å². The van der Waals surface area contributed by atoms with Crippen LogP contribution < -0.4 is 5.73 Å². The van der Waals surface area contributed by atoms with Crippen molar-refractivity contribution in [2.24, 2.45) is 16.1 Å². The van der Waals surface area contributed by atoms with E-state index in [2.05, 4.69) is 42.6 Å². The third-order valence-corrected chi connectivity index (χ3v) is 2.76. The summed E-state index contributed by atoms with van der Waals surface area (Å²) < 4.78 is 0. The molecule has 0 aromatic carbocycles. The van der Waals surface area contributed by atoms with E-state index in [1.807, 2.05) is 0 Å². The highest BCUT2D eigenvalue weighted by molar-refractivity contribution is 7.07. The molecular weight excluding hydrogens is 192 g/mol. The summed E-state index contributed by atoms with van der Waals surface area (Å²) in [6.07, 6.45) is 0.986. The Morgan fingerprint density at radius 3 is 2.71 bits per heavy atom. The molecule has 0 unspecified atom stereocenters. The van der Waals surface area contributed by atoms with Gasteiger partial charge in [-0.15, -0.1) is 0 Å². The predicted octanol–water partition coefficient (Wildman–Crippen LogP) is 2.69. The smallest absolute Gasteiger partial charge is 0.0991 e. The van der Waals surface area contributed by atoms with E-state index in [4.69, 9.17) is 5.73 Å². The fourth-order valence-electron chi connectivity index (χ4n) is 0.978. The minimum Gasteiger partial charge on any atom is -0.387 e. The van der Waals surface area contributed by atoms with Crippen LogP contribution in [-0.4, -0.2) is 12.4 Å². The molecule has 2 N–H and O–H groups in total. The third kappa shape index (κ3) is 3.50. The molecule has 0 saturated heterocycles. The molecule has 2 nitrogen and oxygen atoms in total. The average Bonchev–Trinajstić information content (AvgIpc) is 2.55. The van der Waals surface area contributed by atoms with Crippen LogP contribution in [0.3, 0.4) is 0 Å². The average molecular weight is 210 g/mol. The van der Waals surface area contributed by atoms with Gasteiger partial charge in [0.05, 0.1) is 5.84 Å². The maximum Gasteiger partial charge on any atom is 0.0991 e. The van der Waals surface area contributed by atoms with E-state index in [9.17, 15) is 0 Å². The van der Waals surface area contributed by atoms with E-state index in [1.165, 1.54) is 5.56 Å². The molecule has 3 heteroatoms. The summed E-state index contributed by atoms with van der Waals surface area (Å²) in [6, 6.07) is 2.13. The zero-order valence-electron chi connectivity index (χ0n) is 9.08. The Bertz CT molecular complexity index is 294. The molecule has 1 aromatic heterocycles. The van der Waals surface area contributed by atoms with Crippen LogP contribution in [0, 0.1) is 5.41 Å². The molecule has 0 amide bonds. The Balaban J connectivity index is 2.41. The van der Waals surface area contributed by atoms with Crippen LogP contribution >= 0.6 is 11.3 Å². The summed E-state index contributed by atoms with van der Waals surface area (Å²) in [5.74, 6) is 0.743. The molecule has 0 spiro atoms. The van der Waals surface area contributed by atoms with E-state index < -0.39 is 0 Å². The number of hydrogen-bond acceptors (Lipinski definition) is 2. The van der Waals surface area contributed by atoms with Crippen LogP contribution in [0.1, 0.15) is 26.3 Å². The van der Waals surface area contributed by atoms with Gasteiger partial charge in [0.15, 0.2) is 0 Å². The summed E-state index contributed by atoms with van der Waals surface area (Å²) in [5, 5.41) is 4.25. The number of aliphatic imine (C=N–C) groups is 1. The molecule has 0 bridgehead atoms. The zero-order chi connectivity index (χ0) is 10.6. The van der Waals surface area contributed by atoms with Crippen molar-refractivity contribution in [2.75, 3.05) is 6.54 Å². The quantitative estimate of drug-likeness (QED) is 0.604. The Morgan fingerprint density at radius 2 is 2.21 bits per heavy atom. The van der Waals surface area contributed by atoms with Crippen molar-refractivity contribution >= 4 is 17.2 Å². The van der Waals surface area contributed by atoms with Gasteiger partial charge in [0, 0.05) is 12.0 Å². The highest BCUT2D eigenvalue weighted by Gasteiger charge is 2.14. The number of nitrogens with two attached hydrogens (primary N) is 1. The van der Waals surface area contributed by atoms with Gasteiger partial charge in [0.25, 0.3) is 0 Å². The van der Waals surface area contributed by atoms with Crippen LogP contribution in [-0.2, 0) is 6.42 Å². The summed E-state index contributed by atoms with van der Waals surface area (Å²) in [7, 11) is 0. The molecule has 0 aliphatic carbocycles. The molecule has 1 rings (SSSR count). The first kappa shape index (κ1) is 11.2. The summed E-state index contributed by atoms with van der Waals surface area (Å²) in [4.78, 5) is 4.37. The molecule has 0 fully saturated rings. The zero-order valence-corrected chi connectivity index (χ0v) is 9.90. The fraction of sp³-hybridized carbons (Fsp3) is 0.545. The largest absolute Gasteiger partial charge is 0.387 e. The van der Waals surface area contributed by atoms with Gasteiger partial charge in [-0.05, 0) is 28.8 Å². The van der Waals surface area contributed by atoms with Crippen LogP contribution in [0.15, 0.2) is 21.8 Å². The van der Waals surface area contributed by atoms with Crippen molar-refractivity contribution in [1.82, 2.24) is 0 Å². The number of nitrogens with zero attached hydrogens (tertiary/aromatic N) is 1. The first-order valence-corrected chi connectivity index (χ1v) is 5.76. The lowest BCUT2D eigenvalue weighted by Crippen LogP contribution is -2.29. The van der Waals surface area contributed by atoms with Gasteiger partial charge < -0.3 is 5.73 Å². The fourth-order valence-corrected chi connectivity index (χ4v) is 1.68. The first-order valence-electron chi connectivity index (χ1n) is 4.81. The SMILES string of the molecule is CC(C)(C)C(N)=NCCc1ccsc1. The van der Waals surface area contributed by atoms with Crippen molar-refractivity contribution in [3.05, 3.63) is 22.4 Å². The molecule has 0 aliphatic heterocycles. The molecule has 0 atom stereocenters. The highest BCUT2D eigenvalue weighted by Crippen LogP contribution is 2.13. The summed E-state index contributed by atoms with van der Waals surface area (Å²) >= 11 is 1.72. The van der Waals surface area contributed by atoms with Gasteiger partial charge in [0.2, 0.25) is 0 Å². The van der Waals surface area contributed by atoms with Crippen molar-refractivity contribution in [1.29, 1.82) is 0 Å². The molecule has 0 aliphatic rings. The number of hydrogen-bond donors (Lipinski definition) is 1. The molecule has 14 heavy (non-hydrogen) atoms. The Hall–Kier alpha value is -0.830.